The molecular formula is C21H27NO2S. The molecule has 0 heterocycles. The number of para-hydroxylation sites is 1. The second kappa shape index (κ2) is 10.1. The van der Waals surface area contributed by atoms with E-state index in [1.807, 2.05) is 18.2 Å². The summed E-state index contributed by atoms with van der Waals surface area (Å²) in [6.45, 7) is 7.39. The van der Waals surface area contributed by atoms with Gasteiger partial charge in [0.15, 0.2) is 0 Å². The molecule has 0 spiro atoms. The van der Waals surface area contributed by atoms with Crippen molar-refractivity contribution in [2.45, 2.75) is 32.4 Å². The molecule has 1 N–H and O–H groups in total. The molecule has 2 aromatic rings. The first-order valence-corrected chi connectivity index (χ1v) is 9.83. The highest BCUT2D eigenvalue weighted by Crippen LogP contribution is 2.25. The molecule has 0 aliphatic rings. The number of carbonyl (C=O) groups excluding carboxylic acids is 1. The third-order valence-electron chi connectivity index (χ3n) is 3.81. The van der Waals surface area contributed by atoms with E-state index in [4.69, 9.17) is 4.74 Å². The Balaban J connectivity index is 1.64. The van der Waals surface area contributed by atoms with E-state index in [-0.39, 0.29) is 5.91 Å². The van der Waals surface area contributed by atoms with Crippen LogP contribution in [0.5, 0.6) is 5.75 Å². The van der Waals surface area contributed by atoms with E-state index < -0.39 is 0 Å². The predicted molar refractivity (Wildman–Crippen MR) is 106 cm³/mol. The van der Waals surface area contributed by atoms with Crippen molar-refractivity contribution >= 4 is 17.7 Å². The summed E-state index contributed by atoms with van der Waals surface area (Å²) in [5.41, 5.74) is 3.70. The Labute approximate surface area is 155 Å². The van der Waals surface area contributed by atoms with Crippen LogP contribution in [0, 0.1) is 6.92 Å². The SMILES string of the molecule is Cc1cccc(CSCC(=O)NCCOc2ccccc2C(C)C)c1. The van der Waals surface area contributed by atoms with Gasteiger partial charge in [0.25, 0.3) is 0 Å². The molecule has 0 atom stereocenters. The van der Waals surface area contributed by atoms with Crippen molar-refractivity contribution in [3.05, 3.63) is 65.2 Å². The molecule has 0 fully saturated rings. The summed E-state index contributed by atoms with van der Waals surface area (Å²) in [7, 11) is 0. The topological polar surface area (TPSA) is 38.3 Å². The number of carbonyl (C=O) groups is 1. The maximum atomic E-state index is 11.9. The standard InChI is InChI=1S/C21H27NO2S/c1-16(2)19-9-4-5-10-20(19)24-12-11-22-21(23)15-25-14-18-8-6-7-17(3)13-18/h4-10,13,16H,11-12,14-15H2,1-3H3,(H,22,23). The summed E-state index contributed by atoms with van der Waals surface area (Å²) in [4.78, 5) is 11.9. The molecule has 1 amide bonds. The third-order valence-corrected chi connectivity index (χ3v) is 4.81. The Morgan fingerprint density at radius 3 is 2.72 bits per heavy atom. The molecule has 0 aromatic heterocycles. The number of aryl methyl sites for hydroxylation is 1. The molecule has 3 nitrogen and oxygen atoms in total. The maximum absolute atomic E-state index is 11.9. The first-order valence-electron chi connectivity index (χ1n) is 8.68. The van der Waals surface area contributed by atoms with Crippen LogP contribution in [0.4, 0.5) is 0 Å². The molecule has 2 rings (SSSR count). The molecule has 0 unspecified atom stereocenters. The number of benzene rings is 2. The largest absolute Gasteiger partial charge is 0.491 e. The van der Waals surface area contributed by atoms with E-state index in [0.29, 0.717) is 24.8 Å². The van der Waals surface area contributed by atoms with Crippen LogP contribution in [0.3, 0.4) is 0 Å². The van der Waals surface area contributed by atoms with Gasteiger partial charge in [0.2, 0.25) is 5.91 Å². The average Bonchev–Trinajstić information content (AvgIpc) is 2.59. The van der Waals surface area contributed by atoms with Crippen molar-refractivity contribution in [3.8, 4) is 5.75 Å². The Bertz CT molecular complexity index is 685. The monoisotopic (exact) mass is 357 g/mol. The maximum Gasteiger partial charge on any atom is 0.230 e. The Morgan fingerprint density at radius 2 is 1.96 bits per heavy atom. The molecule has 0 aliphatic carbocycles. The Kier molecular flexibility index (Phi) is 7.86. The van der Waals surface area contributed by atoms with Crippen LogP contribution >= 0.6 is 11.8 Å². The van der Waals surface area contributed by atoms with Gasteiger partial charge in [-0.2, -0.15) is 0 Å². The fourth-order valence-corrected chi connectivity index (χ4v) is 3.36. The van der Waals surface area contributed by atoms with E-state index in [9.17, 15) is 4.79 Å². The summed E-state index contributed by atoms with van der Waals surface area (Å²) < 4.78 is 5.81. The van der Waals surface area contributed by atoms with Crippen molar-refractivity contribution in [1.29, 1.82) is 0 Å². The number of hydrogen-bond donors (Lipinski definition) is 1. The normalized spacial score (nSPS) is 10.7. The average molecular weight is 358 g/mol. The summed E-state index contributed by atoms with van der Waals surface area (Å²) in [5, 5.41) is 2.91. The quantitative estimate of drug-likeness (QED) is 0.669. The van der Waals surface area contributed by atoms with Gasteiger partial charge in [-0.05, 0) is 30.0 Å². The van der Waals surface area contributed by atoms with E-state index in [0.717, 1.165) is 11.5 Å². The fourth-order valence-electron chi connectivity index (χ4n) is 2.55. The first kappa shape index (κ1) is 19.4. The fraction of sp³-hybridized carbons (Fsp3) is 0.381. The van der Waals surface area contributed by atoms with Gasteiger partial charge in [-0.3, -0.25) is 4.79 Å². The van der Waals surface area contributed by atoms with Crippen LogP contribution in [0.15, 0.2) is 48.5 Å². The van der Waals surface area contributed by atoms with Crippen LogP contribution in [0.2, 0.25) is 0 Å². The van der Waals surface area contributed by atoms with Gasteiger partial charge < -0.3 is 10.1 Å². The zero-order valence-corrected chi connectivity index (χ0v) is 16.1. The number of ether oxygens (including phenoxy) is 1. The summed E-state index contributed by atoms with van der Waals surface area (Å²) >= 11 is 1.63. The summed E-state index contributed by atoms with van der Waals surface area (Å²) in [5.74, 6) is 2.70. The Hall–Kier alpha value is -1.94. The predicted octanol–water partition coefficient (Wildman–Crippen LogP) is 4.55. The third kappa shape index (κ3) is 6.83. The van der Waals surface area contributed by atoms with Crippen LogP contribution in [0.25, 0.3) is 0 Å². The van der Waals surface area contributed by atoms with Crippen molar-refractivity contribution in [3.63, 3.8) is 0 Å². The van der Waals surface area contributed by atoms with Crippen molar-refractivity contribution in [1.82, 2.24) is 5.32 Å². The molecule has 0 bridgehead atoms. The molecule has 4 heteroatoms. The number of rotatable bonds is 9. The van der Waals surface area contributed by atoms with Crippen LogP contribution in [0.1, 0.15) is 36.5 Å². The van der Waals surface area contributed by atoms with Gasteiger partial charge in [-0.15, -0.1) is 11.8 Å². The lowest BCUT2D eigenvalue weighted by molar-refractivity contribution is -0.118. The summed E-state index contributed by atoms with van der Waals surface area (Å²) in [6.07, 6.45) is 0. The smallest absolute Gasteiger partial charge is 0.230 e. The molecule has 0 aliphatic heterocycles. The van der Waals surface area contributed by atoms with Gasteiger partial charge in [-0.1, -0.05) is 61.9 Å². The van der Waals surface area contributed by atoms with Crippen molar-refractivity contribution < 1.29 is 9.53 Å². The molecule has 0 saturated carbocycles. The van der Waals surface area contributed by atoms with Crippen LogP contribution in [-0.2, 0) is 10.5 Å². The minimum atomic E-state index is 0.0541. The van der Waals surface area contributed by atoms with E-state index in [1.165, 1.54) is 16.7 Å². The zero-order valence-electron chi connectivity index (χ0n) is 15.2. The van der Waals surface area contributed by atoms with E-state index in [2.05, 4.69) is 56.4 Å². The lowest BCUT2D eigenvalue weighted by Gasteiger charge is -2.14. The second-order valence-electron chi connectivity index (χ2n) is 6.37. The van der Waals surface area contributed by atoms with E-state index >= 15 is 0 Å². The Morgan fingerprint density at radius 1 is 1.16 bits per heavy atom. The van der Waals surface area contributed by atoms with Gasteiger partial charge in [-0.25, -0.2) is 0 Å². The first-order chi connectivity index (χ1) is 12.1. The number of hydrogen-bond acceptors (Lipinski definition) is 3. The highest BCUT2D eigenvalue weighted by atomic mass is 32.2. The van der Waals surface area contributed by atoms with Crippen molar-refractivity contribution in [2.75, 3.05) is 18.9 Å². The van der Waals surface area contributed by atoms with Crippen molar-refractivity contribution in [2.24, 2.45) is 0 Å². The van der Waals surface area contributed by atoms with Gasteiger partial charge >= 0.3 is 0 Å². The minimum Gasteiger partial charge on any atom is -0.491 e. The van der Waals surface area contributed by atoms with Gasteiger partial charge in [0, 0.05) is 5.75 Å². The lowest BCUT2D eigenvalue weighted by Crippen LogP contribution is -2.29. The molecular weight excluding hydrogens is 330 g/mol. The van der Waals surface area contributed by atoms with Crippen LogP contribution in [-0.4, -0.2) is 24.8 Å². The van der Waals surface area contributed by atoms with Crippen LogP contribution < -0.4 is 10.1 Å². The minimum absolute atomic E-state index is 0.0541. The number of nitrogens with one attached hydrogen (secondary N) is 1. The van der Waals surface area contributed by atoms with E-state index in [1.54, 1.807) is 11.8 Å². The highest BCUT2D eigenvalue weighted by Gasteiger charge is 2.07. The molecule has 0 radical (unpaired) electrons. The second-order valence-corrected chi connectivity index (χ2v) is 7.36. The molecule has 2 aromatic carbocycles. The number of thioether (sulfide) groups is 1. The highest BCUT2D eigenvalue weighted by molar-refractivity contribution is 7.99. The molecule has 134 valence electrons. The lowest BCUT2D eigenvalue weighted by atomic mass is 10.0. The molecule has 0 saturated heterocycles. The summed E-state index contributed by atoms with van der Waals surface area (Å²) in [6, 6.07) is 16.4. The molecule has 25 heavy (non-hydrogen) atoms. The zero-order chi connectivity index (χ0) is 18.1. The number of amides is 1. The van der Waals surface area contributed by atoms with Gasteiger partial charge in [0.05, 0.1) is 12.3 Å². The van der Waals surface area contributed by atoms with Gasteiger partial charge in [0.1, 0.15) is 12.4 Å².